The van der Waals surface area contributed by atoms with Crippen molar-refractivity contribution in [2.24, 2.45) is 4.99 Å². The fraction of sp³-hybridized carbons (Fsp3) is 0.533. The molecule has 2 atom stereocenters. The maximum absolute atomic E-state index is 9.41. The standard InChI is InChI=1S/C15H21NO3/c1-2-14(17)8-9-18-10-13-11-19-15(16-13)12-6-4-3-5-7-12/h3-7,13-14,17H,2,8-11H2,1H3/t13-,14-/m1/s1. The Kier molecular flexibility index (Phi) is 5.36. The Bertz CT molecular complexity index is 405. The van der Waals surface area contributed by atoms with Crippen LogP contribution in [0.25, 0.3) is 0 Å². The first-order valence-electron chi connectivity index (χ1n) is 6.81. The SMILES string of the molecule is CC[C@@H](O)CCOC[C@@H]1COC(c2ccccc2)=N1. The van der Waals surface area contributed by atoms with Gasteiger partial charge in [0.1, 0.15) is 12.6 Å². The lowest BCUT2D eigenvalue weighted by Gasteiger charge is -2.09. The van der Waals surface area contributed by atoms with E-state index in [2.05, 4.69) is 4.99 Å². The second-order valence-electron chi connectivity index (χ2n) is 4.69. The van der Waals surface area contributed by atoms with Gasteiger partial charge in [0.15, 0.2) is 0 Å². The molecule has 0 saturated carbocycles. The van der Waals surface area contributed by atoms with E-state index in [1.54, 1.807) is 0 Å². The number of benzene rings is 1. The van der Waals surface area contributed by atoms with E-state index in [0.717, 1.165) is 12.0 Å². The fourth-order valence-electron chi connectivity index (χ4n) is 1.88. The van der Waals surface area contributed by atoms with E-state index in [-0.39, 0.29) is 12.1 Å². The van der Waals surface area contributed by atoms with E-state index in [1.165, 1.54) is 0 Å². The Morgan fingerprint density at radius 3 is 2.95 bits per heavy atom. The number of aliphatic hydroxyl groups excluding tert-OH is 1. The Labute approximate surface area is 114 Å². The number of aliphatic hydroxyl groups is 1. The highest BCUT2D eigenvalue weighted by molar-refractivity contribution is 5.95. The molecule has 0 bridgehead atoms. The van der Waals surface area contributed by atoms with Crippen molar-refractivity contribution >= 4 is 5.90 Å². The van der Waals surface area contributed by atoms with E-state index in [9.17, 15) is 5.11 Å². The smallest absolute Gasteiger partial charge is 0.216 e. The van der Waals surface area contributed by atoms with Gasteiger partial charge in [-0.2, -0.15) is 0 Å². The topological polar surface area (TPSA) is 51.0 Å². The first kappa shape index (κ1) is 14.0. The van der Waals surface area contributed by atoms with Gasteiger partial charge in [0.05, 0.1) is 12.7 Å². The van der Waals surface area contributed by atoms with Crippen LogP contribution >= 0.6 is 0 Å². The lowest BCUT2D eigenvalue weighted by Crippen LogP contribution is -2.17. The second kappa shape index (κ2) is 7.26. The molecule has 1 N–H and O–H groups in total. The summed E-state index contributed by atoms with van der Waals surface area (Å²) in [4.78, 5) is 4.50. The van der Waals surface area contributed by atoms with Gasteiger partial charge in [-0.1, -0.05) is 25.1 Å². The average molecular weight is 263 g/mol. The van der Waals surface area contributed by atoms with E-state index < -0.39 is 0 Å². The molecule has 0 aromatic heterocycles. The molecule has 2 rings (SSSR count). The van der Waals surface area contributed by atoms with Gasteiger partial charge in [-0.25, -0.2) is 4.99 Å². The number of aliphatic imine (C=N–C) groups is 1. The van der Waals surface area contributed by atoms with E-state index in [1.807, 2.05) is 37.3 Å². The van der Waals surface area contributed by atoms with Gasteiger partial charge in [0.25, 0.3) is 0 Å². The third-order valence-corrected chi connectivity index (χ3v) is 3.11. The number of hydrogen-bond donors (Lipinski definition) is 1. The van der Waals surface area contributed by atoms with Crippen LogP contribution in [0.1, 0.15) is 25.3 Å². The minimum atomic E-state index is -0.261. The molecule has 0 spiro atoms. The summed E-state index contributed by atoms with van der Waals surface area (Å²) in [5, 5.41) is 9.41. The highest BCUT2D eigenvalue weighted by atomic mass is 16.5. The van der Waals surface area contributed by atoms with Crippen LogP contribution in [0.3, 0.4) is 0 Å². The minimum Gasteiger partial charge on any atom is -0.475 e. The van der Waals surface area contributed by atoms with Crippen LogP contribution in [-0.4, -0.2) is 43.0 Å². The maximum atomic E-state index is 9.41. The molecule has 0 amide bonds. The first-order valence-corrected chi connectivity index (χ1v) is 6.81. The summed E-state index contributed by atoms with van der Waals surface area (Å²) in [6, 6.07) is 9.95. The predicted octanol–water partition coefficient (Wildman–Crippen LogP) is 2.01. The molecule has 0 unspecified atom stereocenters. The monoisotopic (exact) mass is 263 g/mol. The normalized spacial score (nSPS) is 19.9. The van der Waals surface area contributed by atoms with Gasteiger partial charge in [-0.3, -0.25) is 0 Å². The molecule has 0 fully saturated rings. The summed E-state index contributed by atoms with van der Waals surface area (Å²) in [7, 11) is 0. The zero-order chi connectivity index (χ0) is 13.5. The molecule has 1 heterocycles. The quantitative estimate of drug-likeness (QED) is 0.766. The Morgan fingerprint density at radius 1 is 1.42 bits per heavy atom. The summed E-state index contributed by atoms with van der Waals surface area (Å²) < 4.78 is 11.1. The lowest BCUT2D eigenvalue weighted by atomic mass is 10.2. The molecule has 4 heteroatoms. The third kappa shape index (κ3) is 4.33. The molecule has 1 aliphatic rings. The van der Waals surface area contributed by atoms with E-state index in [0.29, 0.717) is 32.1 Å². The maximum Gasteiger partial charge on any atom is 0.216 e. The predicted molar refractivity (Wildman–Crippen MR) is 74.5 cm³/mol. The third-order valence-electron chi connectivity index (χ3n) is 3.11. The number of rotatable bonds is 7. The molecule has 1 aromatic carbocycles. The molecule has 0 saturated heterocycles. The van der Waals surface area contributed by atoms with Crippen molar-refractivity contribution in [3.8, 4) is 0 Å². The lowest BCUT2D eigenvalue weighted by molar-refractivity contribution is 0.0704. The van der Waals surface area contributed by atoms with Gasteiger partial charge in [-0.15, -0.1) is 0 Å². The second-order valence-corrected chi connectivity index (χ2v) is 4.69. The Balaban J connectivity index is 1.74. The number of hydrogen-bond acceptors (Lipinski definition) is 4. The van der Waals surface area contributed by atoms with Crippen LogP contribution in [0, 0.1) is 0 Å². The van der Waals surface area contributed by atoms with Crippen molar-refractivity contribution in [1.82, 2.24) is 0 Å². The largest absolute Gasteiger partial charge is 0.475 e. The summed E-state index contributed by atoms with van der Waals surface area (Å²) in [5.41, 5.74) is 1.01. The number of ether oxygens (including phenoxy) is 2. The van der Waals surface area contributed by atoms with Gasteiger partial charge in [-0.05, 0) is 25.0 Å². The van der Waals surface area contributed by atoms with Crippen molar-refractivity contribution in [2.75, 3.05) is 19.8 Å². The Morgan fingerprint density at radius 2 is 2.21 bits per heavy atom. The van der Waals surface area contributed by atoms with E-state index >= 15 is 0 Å². The number of nitrogens with zero attached hydrogens (tertiary/aromatic N) is 1. The molecule has 19 heavy (non-hydrogen) atoms. The van der Waals surface area contributed by atoms with Crippen LogP contribution in [-0.2, 0) is 9.47 Å². The minimum absolute atomic E-state index is 0.0639. The van der Waals surface area contributed by atoms with Crippen LogP contribution in [0.4, 0.5) is 0 Å². The van der Waals surface area contributed by atoms with Gasteiger partial charge in [0, 0.05) is 12.2 Å². The summed E-state index contributed by atoms with van der Waals surface area (Å²) in [5.74, 6) is 0.697. The molecular weight excluding hydrogens is 242 g/mol. The van der Waals surface area contributed by atoms with Gasteiger partial charge >= 0.3 is 0 Å². The van der Waals surface area contributed by atoms with Crippen molar-refractivity contribution in [2.45, 2.75) is 31.9 Å². The molecule has 1 aliphatic heterocycles. The molecule has 0 radical (unpaired) electrons. The van der Waals surface area contributed by atoms with Crippen molar-refractivity contribution in [3.05, 3.63) is 35.9 Å². The summed E-state index contributed by atoms with van der Waals surface area (Å²) in [6.45, 7) is 3.65. The Hall–Kier alpha value is -1.39. The molecule has 1 aromatic rings. The zero-order valence-corrected chi connectivity index (χ0v) is 11.3. The van der Waals surface area contributed by atoms with Gasteiger partial charge < -0.3 is 14.6 Å². The van der Waals surface area contributed by atoms with Crippen LogP contribution < -0.4 is 0 Å². The highest BCUT2D eigenvalue weighted by Gasteiger charge is 2.19. The van der Waals surface area contributed by atoms with Crippen LogP contribution in [0.5, 0.6) is 0 Å². The average Bonchev–Trinajstić information content (AvgIpc) is 2.93. The van der Waals surface area contributed by atoms with Crippen molar-refractivity contribution < 1.29 is 14.6 Å². The molecule has 0 aliphatic carbocycles. The van der Waals surface area contributed by atoms with Crippen molar-refractivity contribution in [1.29, 1.82) is 0 Å². The summed E-state index contributed by atoms with van der Waals surface area (Å²) in [6.07, 6.45) is 1.19. The van der Waals surface area contributed by atoms with Gasteiger partial charge in [0.2, 0.25) is 5.90 Å². The van der Waals surface area contributed by atoms with E-state index in [4.69, 9.17) is 9.47 Å². The van der Waals surface area contributed by atoms with Crippen LogP contribution in [0.2, 0.25) is 0 Å². The zero-order valence-electron chi connectivity index (χ0n) is 11.3. The molecule has 4 nitrogen and oxygen atoms in total. The van der Waals surface area contributed by atoms with Crippen LogP contribution in [0.15, 0.2) is 35.3 Å². The molecular formula is C15H21NO3. The molecule has 104 valence electrons. The highest BCUT2D eigenvalue weighted by Crippen LogP contribution is 2.12. The first-order chi connectivity index (χ1) is 9.29. The van der Waals surface area contributed by atoms with Crippen molar-refractivity contribution in [3.63, 3.8) is 0 Å². The fourth-order valence-corrected chi connectivity index (χ4v) is 1.88. The summed E-state index contributed by atoms with van der Waals surface area (Å²) >= 11 is 0.